The second kappa shape index (κ2) is 15.6. The van der Waals surface area contributed by atoms with Gasteiger partial charge in [0.15, 0.2) is 0 Å². The molecular formula is C20H36BrN. The molecule has 1 atom stereocenters. The summed E-state index contributed by atoms with van der Waals surface area (Å²) in [5.41, 5.74) is 1.43. The van der Waals surface area contributed by atoms with Crippen LogP contribution in [0.25, 0.3) is 0 Å². The topological polar surface area (TPSA) is 12.0 Å². The monoisotopic (exact) mass is 369 g/mol. The van der Waals surface area contributed by atoms with Crippen molar-refractivity contribution >= 4 is 17.0 Å². The lowest BCUT2D eigenvalue weighted by Gasteiger charge is -2.16. The van der Waals surface area contributed by atoms with Crippen molar-refractivity contribution in [1.29, 1.82) is 0 Å². The van der Waals surface area contributed by atoms with Crippen molar-refractivity contribution in [2.45, 2.75) is 83.6 Å². The first-order valence-electron chi connectivity index (χ1n) is 9.10. The molecule has 2 heteroatoms. The van der Waals surface area contributed by atoms with E-state index in [2.05, 4.69) is 49.6 Å². The molecule has 1 nitrogen and oxygen atoms in total. The van der Waals surface area contributed by atoms with Gasteiger partial charge in [0.05, 0.1) is 0 Å². The number of rotatable bonds is 13. The fourth-order valence-electron chi connectivity index (χ4n) is 3.00. The van der Waals surface area contributed by atoms with Gasteiger partial charge in [-0.1, -0.05) is 101 Å². The zero-order valence-corrected chi connectivity index (χ0v) is 16.4. The molecule has 0 amide bonds. The lowest BCUT2D eigenvalue weighted by molar-refractivity contribution is 0.492. The molecule has 0 aliphatic carbocycles. The highest BCUT2D eigenvalue weighted by molar-refractivity contribution is 8.93. The molecule has 0 saturated carbocycles. The van der Waals surface area contributed by atoms with Gasteiger partial charge in [-0.2, -0.15) is 0 Å². The van der Waals surface area contributed by atoms with Crippen molar-refractivity contribution in [1.82, 2.24) is 5.32 Å². The Morgan fingerprint density at radius 2 is 1.27 bits per heavy atom. The van der Waals surface area contributed by atoms with Crippen molar-refractivity contribution in [3.05, 3.63) is 35.9 Å². The van der Waals surface area contributed by atoms with E-state index in [1.807, 2.05) is 0 Å². The molecule has 0 heterocycles. The van der Waals surface area contributed by atoms with Crippen molar-refractivity contribution < 1.29 is 0 Å². The molecule has 1 unspecified atom stereocenters. The third-order valence-electron chi connectivity index (χ3n) is 4.40. The number of hydrogen-bond donors (Lipinski definition) is 1. The largest absolute Gasteiger partial charge is 0.313 e. The van der Waals surface area contributed by atoms with Crippen molar-refractivity contribution in [2.24, 2.45) is 0 Å². The summed E-state index contributed by atoms with van der Waals surface area (Å²) in [5.74, 6) is 0. The number of halogens is 1. The fraction of sp³-hybridized carbons (Fsp3) is 0.700. The van der Waals surface area contributed by atoms with Gasteiger partial charge < -0.3 is 5.32 Å². The highest BCUT2D eigenvalue weighted by Gasteiger charge is 2.07. The molecule has 0 aliphatic heterocycles. The van der Waals surface area contributed by atoms with E-state index < -0.39 is 0 Å². The number of hydrogen-bond acceptors (Lipinski definition) is 1. The predicted octanol–water partition coefficient (Wildman–Crippen LogP) is 6.84. The Morgan fingerprint density at radius 1 is 0.773 bits per heavy atom. The third kappa shape index (κ3) is 10.4. The molecule has 0 aliphatic rings. The van der Waals surface area contributed by atoms with Crippen molar-refractivity contribution in [2.75, 3.05) is 7.05 Å². The second-order valence-corrected chi connectivity index (χ2v) is 6.22. The smallest absolute Gasteiger partial charge is 0.0317 e. The van der Waals surface area contributed by atoms with Crippen LogP contribution in [0.15, 0.2) is 30.3 Å². The lowest BCUT2D eigenvalue weighted by Crippen LogP contribution is -2.16. The first-order chi connectivity index (χ1) is 10.4. The molecule has 0 radical (unpaired) electrons. The molecule has 1 rings (SSSR count). The third-order valence-corrected chi connectivity index (χ3v) is 4.40. The van der Waals surface area contributed by atoms with Crippen LogP contribution in [0.5, 0.6) is 0 Å². The van der Waals surface area contributed by atoms with Crippen molar-refractivity contribution in [3.8, 4) is 0 Å². The molecule has 1 aromatic carbocycles. The van der Waals surface area contributed by atoms with Gasteiger partial charge in [0, 0.05) is 6.04 Å². The fourth-order valence-corrected chi connectivity index (χ4v) is 3.00. The SMILES string of the molecule is Br.CCCCCCCCCCCCC(NC)c1ccccc1. The van der Waals surface area contributed by atoms with Crippen LogP contribution < -0.4 is 5.32 Å². The number of nitrogens with one attached hydrogen (secondary N) is 1. The maximum atomic E-state index is 3.45. The molecule has 22 heavy (non-hydrogen) atoms. The number of unbranched alkanes of at least 4 members (excludes halogenated alkanes) is 9. The lowest BCUT2D eigenvalue weighted by atomic mass is 9.99. The Labute approximate surface area is 149 Å². The van der Waals surface area contributed by atoms with E-state index >= 15 is 0 Å². The van der Waals surface area contributed by atoms with Gasteiger partial charge in [0.25, 0.3) is 0 Å². The average molecular weight is 370 g/mol. The molecular weight excluding hydrogens is 334 g/mol. The Balaban J connectivity index is 0.00000441. The summed E-state index contributed by atoms with van der Waals surface area (Å²) in [4.78, 5) is 0. The molecule has 0 aromatic heterocycles. The van der Waals surface area contributed by atoms with E-state index in [0.717, 1.165) is 0 Å². The molecule has 128 valence electrons. The maximum absolute atomic E-state index is 3.45. The summed E-state index contributed by atoms with van der Waals surface area (Å²) >= 11 is 0. The summed E-state index contributed by atoms with van der Waals surface area (Å²) in [5, 5.41) is 3.45. The average Bonchev–Trinajstić information content (AvgIpc) is 2.54. The molecule has 0 bridgehead atoms. The van der Waals surface area contributed by atoms with Crippen LogP contribution in [-0.2, 0) is 0 Å². The van der Waals surface area contributed by atoms with Crippen LogP contribution in [0.1, 0.15) is 89.2 Å². The minimum atomic E-state index is 0. The Kier molecular flexibility index (Phi) is 15.3. The van der Waals surface area contributed by atoms with Gasteiger partial charge in [0.2, 0.25) is 0 Å². The standard InChI is InChI=1S/C20H35N.BrH/c1-3-4-5-6-7-8-9-10-11-15-18-20(21-2)19-16-13-12-14-17-19;/h12-14,16-17,20-21H,3-11,15,18H2,1-2H3;1H. The zero-order chi connectivity index (χ0) is 15.2. The zero-order valence-electron chi connectivity index (χ0n) is 14.7. The van der Waals surface area contributed by atoms with Gasteiger partial charge in [0.1, 0.15) is 0 Å². The van der Waals surface area contributed by atoms with E-state index in [1.165, 1.54) is 76.2 Å². The van der Waals surface area contributed by atoms with E-state index in [-0.39, 0.29) is 17.0 Å². The Hall–Kier alpha value is -0.340. The Bertz CT molecular complexity index is 326. The van der Waals surface area contributed by atoms with E-state index in [0.29, 0.717) is 6.04 Å². The minimum absolute atomic E-state index is 0. The molecule has 0 spiro atoms. The summed E-state index contributed by atoms with van der Waals surface area (Å²) in [6.45, 7) is 2.29. The van der Waals surface area contributed by atoms with Crippen LogP contribution in [0.4, 0.5) is 0 Å². The molecule has 0 saturated heterocycles. The normalized spacial score (nSPS) is 11.9. The molecule has 1 aromatic rings. The van der Waals surface area contributed by atoms with Gasteiger partial charge in [-0.3, -0.25) is 0 Å². The van der Waals surface area contributed by atoms with E-state index in [9.17, 15) is 0 Å². The Morgan fingerprint density at radius 3 is 1.77 bits per heavy atom. The van der Waals surface area contributed by atoms with E-state index in [4.69, 9.17) is 0 Å². The summed E-state index contributed by atoms with van der Waals surface area (Å²) in [6.07, 6.45) is 15.4. The summed E-state index contributed by atoms with van der Waals surface area (Å²) in [7, 11) is 2.08. The molecule has 0 fully saturated rings. The van der Waals surface area contributed by atoms with Gasteiger partial charge in [-0.05, 0) is 19.0 Å². The second-order valence-electron chi connectivity index (χ2n) is 6.22. The van der Waals surface area contributed by atoms with Gasteiger partial charge in [-0.15, -0.1) is 17.0 Å². The van der Waals surface area contributed by atoms with Gasteiger partial charge >= 0.3 is 0 Å². The van der Waals surface area contributed by atoms with Crippen LogP contribution in [0.2, 0.25) is 0 Å². The first kappa shape index (κ1) is 21.7. The minimum Gasteiger partial charge on any atom is -0.313 e. The molecule has 1 N–H and O–H groups in total. The van der Waals surface area contributed by atoms with Crippen LogP contribution >= 0.6 is 17.0 Å². The predicted molar refractivity (Wildman–Crippen MR) is 105 cm³/mol. The van der Waals surface area contributed by atoms with Gasteiger partial charge in [-0.25, -0.2) is 0 Å². The maximum Gasteiger partial charge on any atom is 0.0317 e. The number of benzene rings is 1. The first-order valence-corrected chi connectivity index (χ1v) is 9.10. The van der Waals surface area contributed by atoms with Crippen molar-refractivity contribution in [3.63, 3.8) is 0 Å². The van der Waals surface area contributed by atoms with Crippen LogP contribution in [0.3, 0.4) is 0 Å². The summed E-state index contributed by atoms with van der Waals surface area (Å²) in [6, 6.07) is 11.4. The van der Waals surface area contributed by atoms with Crippen LogP contribution in [0, 0.1) is 0 Å². The summed E-state index contributed by atoms with van der Waals surface area (Å²) < 4.78 is 0. The van der Waals surface area contributed by atoms with Crippen LogP contribution in [-0.4, -0.2) is 7.05 Å². The van der Waals surface area contributed by atoms with E-state index in [1.54, 1.807) is 0 Å². The quantitative estimate of drug-likeness (QED) is 0.375. The highest BCUT2D eigenvalue weighted by Crippen LogP contribution is 2.20. The highest BCUT2D eigenvalue weighted by atomic mass is 79.9.